The molecule has 4 nitrogen and oxygen atoms in total. The maximum atomic E-state index is 10.6. The molecule has 2 N–H and O–H groups in total. The monoisotopic (exact) mass is 210 g/mol. The topological polar surface area (TPSA) is 66.8 Å². The minimum atomic E-state index is -0.962. The largest absolute Gasteiger partial charge is 0.494 e. The number of aromatic carboxylic acids is 1. The average molecular weight is 210 g/mol. The van der Waals surface area contributed by atoms with E-state index in [-0.39, 0.29) is 12.2 Å². The molecule has 0 fully saturated rings. The van der Waals surface area contributed by atoms with E-state index in [1.807, 2.05) is 0 Å². The second-order valence-corrected chi connectivity index (χ2v) is 3.11. The number of hydrogen-bond acceptors (Lipinski definition) is 3. The first-order valence-corrected chi connectivity index (χ1v) is 4.81. The second kappa shape index (κ2) is 6.03. The van der Waals surface area contributed by atoms with Gasteiger partial charge in [-0.15, -0.1) is 0 Å². The molecule has 0 saturated carbocycles. The Morgan fingerprint density at radius 3 is 2.80 bits per heavy atom. The molecule has 0 aromatic heterocycles. The highest BCUT2D eigenvalue weighted by atomic mass is 16.5. The number of carbonyl (C=O) groups is 1. The number of aliphatic hydroxyl groups is 1. The van der Waals surface area contributed by atoms with E-state index in [1.54, 1.807) is 12.1 Å². The van der Waals surface area contributed by atoms with Crippen molar-refractivity contribution in [1.82, 2.24) is 0 Å². The van der Waals surface area contributed by atoms with Gasteiger partial charge in [0.15, 0.2) is 0 Å². The summed E-state index contributed by atoms with van der Waals surface area (Å²) in [4.78, 5) is 10.6. The summed E-state index contributed by atoms with van der Waals surface area (Å²) in [7, 11) is 0. The van der Waals surface area contributed by atoms with Crippen LogP contribution in [-0.2, 0) is 0 Å². The lowest BCUT2D eigenvalue weighted by molar-refractivity contribution is 0.0696. The standard InChI is InChI=1S/C11H14O4/c12-6-1-2-7-15-10-5-3-4-9(8-10)11(13)14/h3-5,8,12H,1-2,6-7H2,(H,13,14). The van der Waals surface area contributed by atoms with Crippen LogP contribution >= 0.6 is 0 Å². The van der Waals surface area contributed by atoms with Crippen LogP contribution in [0.15, 0.2) is 24.3 Å². The van der Waals surface area contributed by atoms with Crippen LogP contribution in [0.5, 0.6) is 5.75 Å². The Morgan fingerprint density at radius 2 is 2.13 bits per heavy atom. The highest BCUT2D eigenvalue weighted by Gasteiger charge is 2.03. The molecular formula is C11H14O4. The lowest BCUT2D eigenvalue weighted by Gasteiger charge is -2.05. The number of hydrogen-bond donors (Lipinski definition) is 2. The van der Waals surface area contributed by atoms with E-state index in [4.69, 9.17) is 14.9 Å². The molecule has 1 rings (SSSR count). The highest BCUT2D eigenvalue weighted by molar-refractivity contribution is 5.87. The Kier molecular flexibility index (Phi) is 4.63. The molecule has 0 aliphatic heterocycles. The van der Waals surface area contributed by atoms with Gasteiger partial charge in [-0.3, -0.25) is 0 Å². The Labute approximate surface area is 88.1 Å². The van der Waals surface area contributed by atoms with Crippen LogP contribution in [-0.4, -0.2) is 29.4 Å². The summed E-state index contributed by atoms with van der Waals surface area (Å²) in [6, 6.07) is 6.36. The number of unbranched alkanes of at least 4 members (excludes halogenated alkanes) is 1. The van der Waals surface area contributed by atoms with Crippen LogP contribution in [0.4, 0.5) is 0 Å². The van der Waals surface area contributed by atoms with E-state index in [9.17, 15) is 4.79 Å². The van der Waals surface area contributed by atoms with Gasteiger partial charge < -0.3 is 14.9 Å². The van der Waals surface area contributed by atoms with Crippen LogP contribution < -0.4 is 4.74 Å². The van der Waals surface area contributed by atoms with Crippen LogP contribution in [0, 0.1) is 0 Å². The summed E-state index contributed by atoms with van der Waals surface area (Å²) in [6.07, 6.45) is 1.45. The summed E-state index contributed by atoms with van der Waals surface area (Å²) in [5, 5.41) is 17.3. The zero-order chi connectivity index (χ0) is 11.1. The van der Waals surface area contributed by atoms with Gasteiger partial charge in [-0.2, -0.15) is 0 Å². The fourth-order valence-corrected chi connectivity index (χ4v) is 1.12. The smallest absolute Gasteiger partial charge is 0.335 e. The summed E-state index contributed by atoms with van der Waals surface area (Å²) in [5.41, 5.74) is 0.217. The number of carboxylic acid groups (broad SMARTS) is 1. The van der Waals surface area contributed by atoms with Crippen molar-refractivity contribution in [2.75, 3.05) is 13.2 Å². The van der Waals surface area contributed by atoms with Gasteiger partial charge in [-0.25, -0.2) is 4.79 Å². The molecule has 0 aliphatic rings. The fraction of sp³-hybridized carbons (Fsp3) is 0.364. The Balaban J connectivity index is 2.47. The van der Waals surface area contributed by atoms with Crippen LogP contribution in [0.2, 0.25) is 0 Å². The first kappa shape index (κ1) is 11.5. The van der Waals surface area contributed by atoms with Crippen molar-refractivity contribution in [2.45, 2.75) is 12.8 Å². The lowest BCUT2D eigenvalue weighted by Crippen LogP contribution is -2.01. The summed E-state index contributed by atoms with van der Waals surface area (Å²) in [5.74, 6) is -0.413. The predicted octanol–water partition coefficient (Wildman–Crippen LogP) is 1.54. The Hall–Kier alpha value is -1.55. The number of ether oxygens (including phenoxy) is 1. The van der Waals surface area contributed by atoms with E-state index in [2.05, 4.69) is 0 Å². The number of rotatable bonds is 6. The molecule has 0 bridgehead atoms. The zero-order valence-corrected chi connectivity index (χ0v) is 8.35. The molecule has 82 valence electrons. The van der Waals surface area contributed by atoms with E-state index < -0.39 is 5.97 Å². The first-order chi connectivity index (χ1) is 7.24. The van der Waals surface area contributed by atoms with Crippen molar-refractivity contribution in [3.8, 4) is 5.75 Å². The van der Waals surface area contributed by atoms with Crippen LogP contribution in [0.3, 0.4) is 0 Å². The van der Waals surface area contributed by atoms with Gasteiger partial charge in [0.05, 0.1) is 12.2 Å². The molecule has 15 heavy (non-hydrogen) atoms. The zero-order valence-electron chi connectivity index (χ0n) is 8.35. The maximum absolute atomic E-state index is 10.6. The van der Waals surface area contributed by atoms with Gasteiger partial charge in [-0.1, -0.05) is 6.07 Å². The molecule has 0 spiro atoms. The quantitative estimate of drug-likeness (QED) is 0.699. The number of aliphatic hydroxyl groups excluding tert-OH is 1. The van der Waals surface area contributed by atoms with Gasteiger partial charge in [0.25, 0.3) is 0 Å². The average Bonchev–Trinajstić information content (AvgIpc) is 2.25. The van der Waals surface area contributed by atoms with Crippen molar-refractivity contribution in [2.24, 2.45) is 0 Å². The van der Waals surface area contributed by atoms with Gasteiger partial charge in [0, 0.05) is 6.61 Å². The van der Waals surface area contributed by atoms with Gasteiger partial charge >= 0.3 is 5.97 Å². The number of benzene rings is 1. The Bertz CT molecular complexity index is 322. The molecular weight excluding hydrogens is 196 g/mol. The van der Waals surface area contributed by atoms with E-state index >= 15 is 0 Å². The molecule has 0 amide bonds. The minimum absolute atomic E-state index is 0.151. The Morgan fingerprint density at radius 1 is 1.33 bits per heavy atom. The normalized spacial score (nSPS) is 9.93. The minimum Gasteiger partial charge on any atom is -0.494 e. The summed E-state index contributed by atoms with van der Waals surface area (Å²) in [6.45, 7) is 0.641. The molecule has 0 saturated heterocycles. The SMILES string of the molecule is O=C(O)c1cccc(OCCCCO)c1. The van der Waals surface area contributed by atoms with Crippen molar-refractivity contribution in [3.63, 3.8) is 0 Å². The molecule has 0 unspecified atom stereocenters. The van der Waals surface area contributed by atoms with Crippen molar-refractivity contribution in [3.05, 3.63) is 29.8 Å². The van der Waals surface area contributed by atoms with E-state index in [1.165, 1.54) is 12.1 Å². The van der Waals surface area contributed by atoms with Crippen molar-refractivity contribution < 1.29 is 19.7 Å². The summed E-state index contributed by atoms with van der Waals surface area (Å²) >= 11 is 0. The molecule has 0 aliphatic carbocycles. The number of carboxylic acids is 1. The van der Waals surface area contributed by atoms with Crippen LogP contribution in [0.1, 0.15) is 23.2 Å². The fourth-order valence-electron chi connectivity index (χ4n) is 1.12. The maximum Gasteiger partial charge on any atom is 0.335 e. The highest BCUT2D eigenvalue weighted by Crippen LogP contribution is 2.13. The third kappa shape index (κ3) is 3.99. The van der Waals surface area contributed by atoms with E-state index in [0.29, 0.717) is 18.8 Å². The van der Waals surface area contributed by atoms with Crippen LogP contribution in [0.25, 0.3) is 0 Å². The molecule has 1 aromatic rings. The lowest BCUT2D eigenvalue weighted by atomic mass is 10.2. The van der Waals surface area contributed by atoms with Gasteiger partial charge in [0.1, 0.15) is 5.75 Å². The molecule has 4 heteroatoms. The van der Waals surface area contributed by atoms with Gasteiger partial charge in [0.2, 0.25) is 0 Å². The molecule has 0 radical (unpaired) electrons. The predicted molar refractivity (Wildman–Crippen MR) is 55.2 cm³/mol. The first-order valence-electron chi connectivity index (χ1n) is 4.81. The molecule has 0 atom stereocenters. The third-order valence-corrected chi connectivity index (χ3v) is 1.90. The van der Waals surface area contributed by atoms with Gasteiger partial charge in [-0.05, 0) is 31.0 Å². The molecule has 1 aromatic carbocycles. The molecule has 0 heterocycles. The second-order valence-electron chi connectivity index (χ2n) is 3.11. The van der Waals surface area contributed by atoms with Crippen molar-refractivity contribution >= 4 is 5.97 Å². The van der Waals surface area contributed by atoms with Crippen molar-refractivity contribution in [1.29, 1.82) is 0 Å². The van der Waals surface area contributed by atoms with E-state index in [0.717, 1.165) is 6.42 Å². The third-order valence-electron chi connectivity index (χ3n) is 1.90. The summed E-state index contributed by atoms with van der Waals surface area (Å²) < 4.78 is 5.32.